The summed E-state index contributed by atoms with van der Waals surface area (Å²) in [6.07, 6.45) is 0.743. The number of benzene rings is 2. The smallest absolute Gasteiger partial charge is 0.264 e. The number of nitrogens with zero attached hydrogens (tertiary/aromatic N) is 1. The number of hydrogen-bond acceptors (Lipinski definition) is 3. The van der Waals surface area contributed by atoms with E-state index in [2.05, 4.69) is 37.1 Å². The van der Waals surface area contributed by atoms with Gasteiger partial charge in [-0.15, -0.1) is 0 Å². The van der Waals surface area contributed by atoms with Gasteiger partial charge in [0.1, 0.15) is 0 Å². The molecule has 2 aromatic carbocycles. The fraction of sp³-hybridized carbons (Fsp3) is 0.278. The second kappa shape index (κ2) is 6.63. The van der Waals surface area contributed by atoms with Gasteiger partial charge in [0.15, 0.2) is 5.60 Å². The van der Waals surface area contributed by atoms with E-state index in [1.54, 1.807) is 8.93 Å². The number of halogens is 2. The van der Waals surface area contributed by atoms with Gasteiger partial charge < -0.3 is 9.64 Å². The highest BCUT2D eigenvalue weighted by Crippen LogP contribution is 2.51. The first-order chi connectivity index (χ1) is 11.6. The van der Waals surface area contributed by atoms with E-state index in [-0.39, 0.29) is 5.91 Å². The molecule has 0 aliphatic carbocycles. The third-order valence-electron chi connectivity index (χ3n) is 4.63. The second-order valence-corrected chi connectivity index (χ2v) is 9.37. The molecule has 2 aromatic rings. The highest BCUT2D eigenvalue weighted by Gasteiger charge is 2.56. The summed E-state index contributed by atoms with van der Waals surface area (Å²) in [6.45, 7) is 1.19. The van der Waals surface area contributed by atoms with Crippen molar-refractivity contribution in [1.82, 2.24) is 0 Å². The SMILES string of the molecule is O=C1N(Cc2ccc(Br)cc2)c2ccccc2C12CC(SI)CO2. The largest absolute Gasteiger partial charge is 0.359 e. The van der Waals surface area contributed by atoms with Gasteiger partial charge in [-0.05, 0) is 45.0 Å². The first kappa shape index (κ1) is 16.9. The average molecular weight is 516 g/mol. The maximum Gasteiger partial charge on any atom is 0.264 e. The Morgan fingerprint density at radius 3 is 2.71 bits per heavy atom. The van der Waals surface area contributed by atoms with E-state index in [1.807, 2.05) is 53.4 Å². The first-order valence-electron chi connectivity index (χ1n) is 7.71. The molecule has 124 valence electrons. The third kappa shape index (κ3) is 2.71. The molecule has 2 aliphatic heterocycles. The van der Waals surface area contributed by atoms with Gasteiger partial charge in [0.2, 0.25) is 0 Å². The Morgan fingerprint density at radius 1 is 1.25 bits per heavy atom. The Labute approximate surface area is 165 Å². The molecule has 4 rings (SSSR count). The van der Waals surface area contributed by atoms with Crippen molar-refractivity contribution in [2.75, 3.05) is 11.5 Å². The zero-order valence-corrected chi connectivity index (χ0v) is 17.3. The van der Waals surface area contributed by atoms with Gasteiger partial charge in [0.25, 0.3) is 5.91 Å². The minimum Gasteiger partial charge on any atom is -0.359 e. The van der Waals surface area contributed by atoms with Crippen LogP contribution >= 0.6 is 46.1 Å². The molecule has 0 N–H and O–H groups in total. The van der Waals surface area contributed by atoms with Crippen molar-refractivity contribution in [1.29, 1.82) is 0 Å². The molecule has 3 nitrogen and oxygen atoms in total. The third-order valence-corrected chi connectivity index (χ3v) is 7.87. The van der Waals surface area contributed by atoms with E-state index in [1.165, 1.54) is 0 Å². The van der Waals surface area contributed by atoms with Crippen LogP contribution in [-0.4, -0.2) is 17.8 Å². The molecule has 1 fully saturated rings. The van der Waals surface area contributed by atoms with Crippen LogP contribution in [0.4, 0.5) is 5.69 Å². The average Bonchev–Trinajstić information content (AvgIpc) is 3.14. The van der Waals surface area contributed by atoms with E-state index in [0.29, 0.717) is 18.4 Å². The number of amides is 1. The van der Waals surface area contributed by atoms with E-state index < -0.39 is 5.60 Å². The van der Waals surface area contributed by atoms with Gasteiger partial charge in [-0.2, -0.15) is 0 Å². The Morgan fingerprint density at radius 2 is 2.00 bits per heavy atom. The molecule has 0 saturated carbocycles. The van der Waals surface area contributed by atoms with E-state index in [0.717, 1.165) is 27.7 Å². The number of ether oxygens (including phenoxy) is 1. The van der Waals surface area contributed by atoms with Crippen LogP contribution in [0.3, 0.4) is 0 Å². The fourth-order valence-corrected chi connectivity index (χ4v) is 5.15. The van der Waals surface area contributed by atoms with E-state index in [9.17, 15) is 4.79 Å². The van der Waals surface area contributed by atoms with Crippen molar-refractivity contribution in [2.45, 2.75) is 23.8 Å². The Bertz CT molecular complexity index is 785. The number of fused-ring (bicyclic) bond motifs is 2. The lowest BCUT2D eigenvalue weighted by molar-refractivity contribution is -0.137. The quantitative estimate of drug-likeness (QED) is 0.535. The van der Waals surface area contributed by atoms with Crippen LogP contribution in [0.15, 0.2) is 53.0 Å². The number of carbonyl (C=O) groups is 1. The van der Waals surface area contributed by atoms with Gasteiger partial charge in [-0.25, -0.2) is 0 Å². The molecular weight excluding hydrogens is 501 g/mol. The summed E-state index contributed by atoms with van der Waals surface area (Å²) in [5, 5.41) is 0.357. The van der Waals surface area contributed by atoms with Gasteiger partial charge >= 0.3 is 0 Å². The molecule has 0 bridgehead atoms. The van der Waals surface area contributed by atoms with E-state index >= 15 is 0 Å². The zero-order valence-electron chi connectivity index (χ0n) is 12.7. The molecule has 1 amide bonds. The second-order valence-electron chi connectivity index (χ2n) is 6.09. The molecule has 24 heavy (non-hydrogen) atoms. The number of hydrogen-bond donors (Lipinski definition) is 0. The minimum atomic E-state index is -0.797. The maximum atomic E-state index is 13.3. The lowest BCUT2D eigenvalue weighted by Crippen LogP contribution is -2.39. The van der Waals surface area contributed by atoms with Crippen LogP contribution in [0.5, 0.6) is 0 Å². The predicted molar refractivity (Wildman–Crippen MR) is 109 cm³/mol. The number of rotatable bonds is 3. The summed E-state index contributed by atoms with van der Waals surface area (Å²) < 4.78 is 7.15. The van der Waals surface area contributed by atoms with Crippen LogP contribution in [0.2, 0.25) is 0 Å². The molecule has 1 spiro atoms. The standard InChI is InChI=1S/C18H15BrINO2S/c19-13-7-5-12(6-8-13)10-21-16-4-2-1-3-15(16)18(17(21)22)9-14(24-20)11-23-18/h1-8,14H,9-11H2. The Hall–Kier alpha value is -0.570. The summed E-state index contributed by atoms with van der Waals surface area (Å²) in [7, 11) is 1.75. The highest BCUT2D eigenvalue weighted by atomic mass is 127. The number of para-hydroxylation sites is 1. The zero-order chi connectivity index (χ0) is 16.7. The molecule has 2 unspecified atom stereocenters. The van der Waals surface area contributed by atoms with Crippen LogP contribution in [0.1, 0.15) is 17.5 Å². The van der Waals surface area contributed by atoms with Gasteiger partial charge in [-0.1, -0.05) is 55.2 Å². The molecule has 2 aliphatic rings. The van der Waals surface area contributed by atoms with Crippen LogP contribution in [-0.2, 0) is 21.7 Å². The molecular formula is C18H15BrINO2S. The topological polar surface area (TPSA) is 29.5 Å². The summed E-state index contributed by atoms with van der Waals surface area (Å²) >= 11 is 5.76. The van der Waals surface area contributed by atoms with E-state index in [4.69, 9.17) is 4.74 Å². The number of carbonyl (C=O) groups excluding carboxylic acids is 1. The van der Waals surface area contributed by atoms with Crippen molar-refractivity contribution in [3.8, 4) is 0 Å². The normalized spacial score (nSPS) is 25.5. The van der Waals surface area contributed by atoms with Crippen molar-refractivity contribution < 1.29 is 9.53 Å². The summed E-state index contributed by atoms with van der Waals surface area (Å²) in [6, 6.07) is 16.1. The predicted octanol–water partition coefficient (Wildman–Crippen LogP) is 5.06. The maximum absolute atomic E-state index is 13.3. The van der Waals surface area contributed by atoms with Gasteiger partial charge in [0.05, 0.1) is 18.8 Å². The van der Waals surface area contributed by atoms with Crippen molar-refractivity contribution in [3.63, 3.8) is 0 Å². The van der Waals surface area contributed by atoms with Crippen molar-refractivity contribution in [3.05, 3.63) is 64.1 Å². The summed E-state index contributed by atoms with van der Waals surface area (Å²) in [4.78, 5) is 15.2. The minimum absolute atomic E-state index is 0.0690. The molecule has 6 heteroatoms. The molecule has 0 radical (unpaired) electrons. The molecule has 2 heterocycles. The molecule has 1 saturated heterocycles. The number of anilines is 1. The van der Waals surface area contributed by atoms with Gasteiger partial charge in [0, 0.05) is 21.7 Å². The van der Waals surface area contributed by atoms with Crippen LogP contribution < -0.4 is 4.90 Å². The van der Waals surface area contributed by atoms with Crippen molar-refractivity contribution >= 4 is 57.7 Å². The monoisotopic (exact) mass is 515 g/mol. The lowest BCUT2D eigenvalue weighted by Gasteiger charge is -2.23. The lowest BCUT2D eigenvalue weighted by atomic mass is 9.92. The first-order valence-corrected chi connectivity index (χ1v) is 11.9. The molecule has 0 aromatic heterocycles. The van der Waals surface area contributed by atoms with Crippen LogP contribution in [0, 0.1) is 0 Å². The van der Waals surface area contributed by atoms with Crippen molar-refractivity contribution in [2.24, 2.45) is 0 Å². The Balaban J connectivity index is 1.71. The molecule has 2 atom stereocenters. The fourth-order valence-electron chi connectivity index (χ4n) is 3.49. The Kier molecular flexibility index (Phi) is 4.66. The summed E-state index contributed by atoms with van der Waals surface area (Å²) in [5.41, 5.74) is 2.30. The summed E-state index contributed by atoms with van der Waals surface area (Å²) in [5.74, 6) is 0.0690. The van der Waals surface area contributed by atoms with Crippen LogP contribution in [0.25, 0.3) is 0 Å². The van der Waals surface area contributed by atoms with Gasteiger partial charge in [-0.3, -0.25) is 4.79 Å². The highest BCUT2D eigenvalue weighted by molar-refractivity contribution is 14.2.